The number of nitrogens with zero attached hydrogens (tertiary/aromatic N) is 2. The maximum absolute atomic E-state index is 10.8. The minimum atomic E-state index is -2.25. The van der Waals surface area contributed by atoms with Gasteiger partial charge < -0.3 is 5.11 Å². The first-order chi connectivity index (χ1) is 23.9. The number of hydrogen-bond donors (Lipinski definition) is 1. The Bertz CT molecular complexity index is 2730. The number of benzene rings is 7. The quantitative estimate of drug-likeness (QED) is 0.221. The number of hydrogen-bond acceptors (Lipinski definition) is 2. The molecular formula is C38H17B9N2O. The van der Waals surface area contributed by atoms with Gasteiger partial charge in [-0.2, -0.15) is 0 Å². The highest BCUT2D eigenvalue weighted by atomic mass is 16.3. The van der Waals surface area contributed by atoms with Crippen molar-refractivity contribution >= 4 is 152 Å². The van der Waals surface area contributed by atoms with E-state index in [1.807, 2.05) is 91.0 Å². The van der Waals surface area contributed by atoms with Gasteiger partial charge in [0.15, 0.2) is 0 Å². The summed E-state index contributed by atoms with van der Waals surface area (Å²) in [6.07, 6.45) is 0. The highest BCUT2D eigenvalue weighted by molar-refractivity contribution is 6.69. The summed E-state index contributed by atoms with van der Waals surface area (Å²) in [4.78, 5) is 4.56. The van der Waals surface area contributed by atoms with Crippen LogP contribution >= 0.6 is 0 Å². The summed E-state index contributed by atoms with van der Waals surface area (Å²) in [7, 11) is 59.1. The number of fused-ring (bicyclic) bond motifs is 4. The van der Waals surface area contributed by atoms with Crippen LogP contribution in [0.25, 0.3) is 71.3 Å². The van der Waals surface area contributed by atoms with Crippen molar-refractivity contribution < 1.29 is 5.11 Å². The monoisotopic (exact) mass is 616 g/mol. The van der Waals surface area contributed by atoms with E-state index in [1.54, 1.807) is 10.6 Å². The Labute approximate surface area is 301 Å². The Hall–Kier alpha value is -4.67. The maximum Gasteiger partial charge on any atom is 0.127 e. The summed E-state index contributed by atoms with van der Waals surface area (Å²) in [5, 5.41) is 12.9. The second-order valence-corrected chi connectivity index (χ2v) is 12.5. The van der Waals surface area contributed by atoms with Crippen LogP contribution in [0.1, 0.15) is 5.82 Å². The summed E-state index contributed by atoms with van der Waals surface area (Å²) >= 11 is 0. The molecule has 1 N–H and O–H groups in total. The van der Waals surface area contributed by atoms with Crippen molar-refractivity contribution in [3.63, 3.8) is 0 Å². The number of para-hydroxylation sites is 2. The van der Waals surface area contributed by atoms with Gasteiger partial charge in [-0.05, 0) is 78.8 Å². The second kappa shape index (κ2) is 11.7. The smallest absolute Gasteiger partial charge is 0.127 e. The summed E-state index contributed by atoms with van der Waals surface area (Å²) in [5.74, 6) is 0.0363. The number of aromatic nitrogens is 2. The third kappa shape index (κ3) is 4.79. The molecule has 0 amide bonds. The van der Waals surface area contributed by atoms with Crippen LogP contribution in [0.3, 0.4) is 0 Å². The lowest BCUT2D eigenvalue weighted by Gasteiger charge is -2.27. The average molecular weight is 615 g/mol. The summed E-state index contributed by atoms with van der Waals surface area (Å²) < 4.78 is 1.70. The Morgan fingerprint density at radius 3 is 1.92 bits per heavy atom. The van der Waals surface area contributed by atoms with E-state index in [0.29, 0.717) is 54.9 Å². The van der Waals surface area contributed by atoms with Gasteiger partial charge in [0, 0.05) is 11.1 Å². The molecule has 50 heavy (non-hydrogen) atoms. The normalized spacial score (nSPS) is 12.0. The van der Waals surface area contributed by atoms with Crippen LogP contribution in [-0.2, 0) is 5.40 Å². The van der Waals surface area contributed by atoms with Gasteiger partial charge in [0.1, 0.15) is 76.4 Å². The van der Waals surface area contributed by atoms with Gasteiger partial charge in [0.2, 0.25) is 0 Å². The molecule has 0 aliphatic carbocycles. The predicted octanol–water partition coefficient (Wildman–Crippen LogP) is -0.185. The largest absolute Gasteiger partial charge is 0.402 e. The molecule has 1 heterocycles. The minimum absolute atomic E-state index is 0.0363. The van der Waals surface area contributed by atoms with Crippen molar-refractivity contribution in [3.05, 3.63) is 103 Å². The van der Waals surface area contributed by atoms with Crippen molar-refractivity contribution in [1.82, 2.24) is 9.55 Å². The molecule has 0 spiro atoms. The zero-order chi connectivity index (χ0) is 35.2. The van der Waals surface area contributed by atoms with E-state index in [1.165, 1.54) is 0 Å². The number of aliphatic hydroxyl groups is 1. The van der Waals surface area contributed by atoms with Crippen LogP contribution in [0.4, 0.5) is 0 Å². The van der Waals surface area contributed by atoms with Crippen molar-refractivity contribution in [1.29, 1.82) is 0 Å². The zero-order valence-corrected chi connectivity index (χ0v) is 26.8. The molecule has 0 atom stereocenters. The van der Waals surface area contributed by atoms with E-state index in [0.717, 1.165) is 21.9 Å². The van der Waals surface area contributed by atoms with Gasteiger partial charge in [0.25, 0.3) is 0 Å². The maximum atomic E-state index is 10.8. The molecule has 0 aliphatic heterocycles. The van der Waals surface area contributed by atoms with Gasteiger partial charge >= 0.3 is 0 Å². The summed E-state index contributed by atoms with van der Waals surface area (Å²) in [5.41, 5.74) is 6.23. The van der Waals surface area contributed by atoms with E-state index in [9.17, 15) is 5.11 Å². The minimum Gasteiger partial charge on any atom is -0.402 e. The number of rotatable bonds is 4. The van der Waals surface area contributed by atoms with Gasteiger partial charge in [0.05, 0.1) is 11.0 Å². The van der Waals surface area contributed by atoms with Crippen molar-refractivity contribution in [3.8, 4) is 27.9 Å². The molecule has 1 aromatic heterocycles. The zero-order valence-electron chi connectivity index (χ0n) is 26.8. The Morgan fingerprint density at radius 1 is 0.560 bits per heavy atom. The van der Waals surface area contributed by atoms with Gasteiger partial charge in [-0.1, -0.05) is 89.2 Å². The molecule has 212 valence electrons. The van der Waals surface area contributed by atoms with Gasteiger partial charge in [-0.15, -0.1) is 21.9 Å². The second-order valence-electron chi connectivity index (χ2n) is 12.5. The molecule has 3 nitrogen and oxygen atoms in total. The first kappa shape index (κ1) is 32.5. The molecule has 12 heteroatoms. The SMILES string of the molecule is [B]c1cc2c(-c3cccc4ccccc34)c3c([B])c([B])c([B])c([B])c3c(-c3cccc(-n4c(C([B])([B])O)nc5ccccc54)c3)c2c([B])c1[B]. The first-order valence-electron chi connectivity index (χ1n) is 15.7. The van der Waals surface area contributed by atoms with Crippen LogP contribution < -0.4 is 38.2 Å². The Morgan fingerprint density at radius 2 is 1.18 bits per heavy atom. The highest BCUT2D eigenvalue weighted by Gasteiger charge is 2.27. The highest BCUT2D eigenvalue weighted by Crippen LogP contribution is 2.43. The molecule has 0 fully saturated rings. The molecule has 0 bridgehead atoms. The summed E-state index contributed by atoms with van der Waals surface area (Å²) in [6, 6.07) is 30.7. The van der Waals surface area contributed by atoms with E-state index >= 15 is 0 Å². The lowest BCUT2D eigenvalue weighted by molar-refractivity contribution is 0.205. The summed E-state index contributed by atoms with van der Waals surface area (Å²) in [6.45, 7) is 0. The average Bonchev–Trinajstić information content (AvgIpc) is 3.52. The molecule has 0 unspecified atom stereocenters. The molecule has 0 saturated heterocycles. The van der Waals surface area contributed by atoms with E-state index < -0.39 is 5.40 Å². The van der Waals surface area contributed by atoms with Crippen LogP contribution in [-0.4, -0.2) is 85.3 Å². The molecule has 8 rings (SSSR count). The first-order valence-corrected chi connectivity index (χ1v) is 15.7. The molecule has 8 aromatic rings. The fourth-order valence-electron chi connectivity index (χ4n) is 7.18. The third-order valence-electron chi connectivity index (χ3n) is 9.49. The fraction of sp³-hybridized carbons (Fsp3) is 0.0263. The lowest BCUT2D eigenvalue weighted by Crippen LogP contribution is -2.48. The van der Waals surface area contributed by atoms with E-state index in [2.05, 4.69) is 4.98 Å². The van der Waals surface area contributed by atoms with Gasteiger partial charge in [-0.25, -0.2) is 4.98 Å². The lowest BCUT2D eigenvalue weighted by atomic mass is 9.61. The topological polar surface area (TPSA) is 38.0 Å². The van der Waals surface area contributed by atoms with Gasteiger partial charge in [-0.3, -0.25) is 4.57 Å². The fourth-order valence-corrected chi connectivity index (χ4v) is 7.18. The molecule has 18 radical (unpaired) electrons. The van der Waals surface area contributed by atoms with E-state index in [-0.39, 0.29) is 38.6 Å². The molecular weight excluding hydrogens is 598 g/mol. The van der Waals surface area contributed by atoms with Crippen molar-refractivity contribution in [2.24, 2.45) is 0 Å². The van der Waals surface area contributed by atoms with Crippen molar-refractivity contribution in [2.75, 3.05) is 0 Å². The Kier molecular flexibility index (Phi) is 7.62. The number of imidazole rings is 1. The van der Waals surface area contributed by atoms with Crippen LogP contribution in [0.2, 0.25) is 0 Å². The van der Waals surface area contributed by atoms with Crippen LogP contribution in [0.15, 0.2) is 97.1 Å². The molecule has 0 saturated carbocycles. The third-order valence-corrected chi connectivity index (χ3v) is 9.49. The van der Waals surface area contributed by atoms with Crippen molar-refractivity contribution in [2.45, 2.75) is 5.40 Å². The predicted molar refractivity (Wildman–Crippen MR) is 218 cm³/mol. The standard InChI is InChI=1S/C38H17B9N2O/c39-23-16-22-27(21-12-6-8-17-7-1-2-11-20(17)21)30-29(33(42)35(44)36(45)34(30)43)26(28(22)32(41)31(23)40)18-9-5-10-19(15-18)49-25-14-4-3-13-24(25)48-37(49)38(46,47)50/h1-16,50H. The molecule has 7 aromatic carbocycles. The van der Waals surface area contributed by atoms with Crippen LogP contribution in [0, 0.1) is 0 Å². The molecule has 0 aliphatic rings. The van der Waals surface area contributed by atoms with E-state index in [4.69, 9.17) is 70.6 Å². The van der Waals surface area contributed by atoms with Crippen LogP contribution in [0.5, 0.6) is 0 Å². The Balaban J connectivity index is 1.59.